The van der Waals surface area contributed by atoms with Crippen LogP contribution < -0.4 is 5.32 Å². The maximum atomic E-state index is 13.4. The molecule has 2 saturated heterocycles. The molecule has 0 bridgehead atoms. The van der Waals surface area contributed by atoms with E-state index in [0.29, 0.717) is 22.9 Å². The van der Waals surface area contributed by atoms with Crippen molar-refractivity contribution in [1.82, 2.24) is 15.1 Å². The second-order valence-corrected chi connectivity index (χ2v) is 12.8. The highest BCUT2D eigenvalue weighted by molar-refractivity contribution is 7.90. The molecule has 2 amide bonds. The predicted molar refractivity (Wildman–Crippen MR) is 152 cm³/mol. The Labute approximate surface area is 237 Å². The standard InChI is InChI=1S/C28H36ClN3O4S.ClH/c1-3-26(33)30-25(22-5-4-6-23(29)19-22)11-15-31-16-12-28(13-17-31)14-18-32(27(28)34)20-21-7-9-24(10-8-21)37(2,35)36;/h4-10,19,25H,3,11-18,20H2,1-2H3,(H,30,33);1H. The van der Waals surface area contributed by atoms with Gasteiger partial charge in [-0.1, -0.05) is 42.8 Å². The van der Waals surface area contributed by atoms with Crippen LogP contribution in [0, 0.1) is 5.41 Å². The maximum absolute atomic E-state index is 13.4. The summed E-state index contributed by atoms with van der Waals surface area (Å²) in [5.41, 5.74) is 1.65. The number of piperidine rings is 1. The van der Waals surface area contributed by atoms with Gasteiger partial charge in [0.1, 0.15) is 0 Å². The number of carbonyl (C=O) groups is 2. The number of hydrogen-bond acceptors (Lipinski definition) is 5. The summed E-state index contributed by atoms with van der Waals surface area (Å²) in [5, 5.41) is 3.78. The van der Waals surface area contributed by atoms with Gasteiger partial charge >= 0.3 is 0 Å². The Morgan fingerprint density at radius 1 is 1.08 bits per heavy atom. The molecule has 0 aliphatic carbocycles. The predicted octanol–water partition coefficient (Wildman–Crippen LogP) is 4.64. The Kier molecular flexibility index (Phi) is 10.3. The van der Waals surface area contributed by atoms with Gasteiger partial charge in [-0.3, -0.25) is 9.59 Å². The van der Waals surface area contributed by atoms with E-state index in [1.165, 1.54) is 6.26 Å². The first-order chi connectivity index (χ1) is 17.6. The minimum Gasteiger partial charge on any atom is -0.349 e. The highest BCUT2D eigenvalue weighted by Gasteiger charge is 2.47. The lowest BCUT2D eigenvalue weighted by Crippen LogP contribution is -2.45. The van der Waals surface area contributed by atoms with Crippen molar-refractivity contribution in [2.75, 3.05) is 32.4 Å². The van der Waals surface area contributed by atoms with Gasteiger partial charge in [0.2, 0.25) is 11.8 Å². The van der Waals surface area contributed by atoms with Crippen LogP contribution in [-0.2, 0) is 26.0 Å². The van der Waals surface area contributed by atoms with Crippen molar-refractivity contribution >= 4 is 45.7 Å². The third-order valence-electron chi connectivity index (χ3n) is 7.78. The largest absolute Gasteiger partial charge is 0.349 e. The molecule has 1 N–H and O–H groups in total. The second-order valence-electron chi connectivity index (χ2n) is 10.3. The van der Waals surface area contributed by atoms with E-state index in [1.807, 2.05) is 36.1 Å². The van der Waals surface area contributed by atoms with Crippen LogP contribution in [0.1, 0.15) is 56.2 Å². The van der Waals surface area contributed by atoms with E-state index >= 15 is 0 Å². The first-order valence-electron chi connectivity index (χ1n) is 13.0. The fraction of sp³-hybridized carbons (Fsp3) is 0.500. The van der Waals surface area contributed by atoms with Crippen molar-refractivity contribution in [2.24, 2.45) is 5.41 Å². The maximum Gasteiger partial charge on any atom is 0.229 e. The van der Waals surface area contributed by atoms with E-state index in [0.717, 1.165) is 63.0 Å². The van der Waals surface area contributed by atoms with Gasteiger partial charge in [0.05, 0.1) is 16.4 Å². The van der Waals surface area contributed by atoms with Crippen molar-refractivity contribution in [1.29, 1.82) is 0 Å². The average molecular weight is 583 g/mol. The molecule has 10 heteroatoms. The summed E-state index contributed by atoms with van der Waals surface area (Å²) >= 11 is 6.20. The molecule has 1 spiro atoms. The summed E-state index contributed by atoms with van der Waals surface area (Å²) in [6, 6.07) is 14.4. The number of likely N-dealkylation sites (tertiary alicyclic amines) is 2. The molecule has 208 valence electrons. The molecule has 2 aromatic rings. The molecule has 2 fully saturated rings. The SMILES string of the molecule is CCC(=O)NC(CCN1CCC2(CC1)CCN(Cc1ccc(S(C)(=O)=O)cc1)C2=O)c1cccc(Cl)c1.Cl. The molecular weight excluding hydrogens is 545 g/mol. The molecule has 1 unspecified atom stereocenters. The first-order valence-corrected chi connectivity index (χ1v) is 15.2. The Balaban J connectivity index is 0.00000400. The number of rotatable bonds is 9. The van der Waals surface area contributed by atoms with Gasteiger partial charge in [0.15, 0.2) is 9.84 Å². The number of benzene rings is 2. The van der Waals surface area contributed by atoms with E-state index in [2.05, 4.69) is 10.2 Å². The number of nitrogens with zero attached hydrogens (tertiary/aromatic N) is 2. The summed E-state index contributed by atoms with van der Waals surface area (Å²) in [6.07, 6.45) is 4.93. The Hall–Kier alpha value is -2.13. The van der Waals surface area contributed by atoms with Crippen LogP contribution in [0.25, 0.3) is 0 Å². The third-order valence-corrected chi connectivity index (χ3v) is 9.14. The number of halogens is 2. The van der Waals surface area contributed by atoms with Crippen LogP contribution >= 0.6 is 24.0 Å². The summed E-state index contributed by atoms with van der Waals surface area (Å²) in [5.74, 6) is 0.233. The molecule has 0 radical (unpaired) electrons. The lowest BCUT2D eigenvalue weighted by atomic mass is 9.77. The van der Waals surface area contributed by atoms with Crippen LogP contribution in [0.4, 0.5) is 0 Å². The van der Waals surface area contributed by atoms with Crippen molar-refractivity contribution in [3.63, 3.8) is 0 Å². The fourth-order valence-corrected chi connectivity index (χ4v) is 6.26. The van der Waals surface area contributed by atoms with Crippen LogP contribution in [0.15, 0.2) is 53.4 Å². The molecule has 1 atom stereocenters. The van der Waals surface area contributed by atoms with Gasteiger partial charge in [0.25, 0.3) is 0 Å². The summed E-state index contributed by atoms with van der Waals surface area (Å²) < 4.78 is 23.4. The van der Waals surface area contributed by atoms with E-state index in [4.69, 9.17) is 11.6 Å². The second kappa shape index (κ2) is 12.8. The quantitative estimate of drug-likeness (QED) is 0.466. The van der Waals surface area contributed by atoms with E-state index < -0.39 is 9.84 Å². The zero-order valence-corrected chi connectivity index (χ0v) is 24.4. The minimum absolute atomic E-state index is 0. The topological polar surface area (TPSA) is 86.8 Å². The third kappa shape index (κ3) is 7.29. The van der Waals surface area contributed by atoms with E-state index in [-0.39, 0.29) is 35.7 Å². The Morgan fingerprint density at radius 2 is 1.74 bits per heavy atom. The fourth-order valence-electron chi connectivity index (χ4n) is 5.43. The molecule has 0 saturated carbocycles. The smallest absolute Gasteiger partial charge is 0.229 e. The van der Waals surface area contributed by atoms with Gasteiger partial charge in [0, 0.05) is 37.3 Å². The van der Waals surface area contributed by atoms with Gasteiger partial charge < -0.3 is 15.1 Å². The van der Waals surface area contributed by atoms with Crippen LogP contribution in [-0.4, -0.2) is 62.5 Å². The van der Waals surface area contributed by atoms with Crippen molar-refractivity contribution in [2.45, 2.75) is 56.5 Å². The molecule has 2 aromatic carbocycles. The zero-order valence-electron chi connectivity index (χ0n) is 22.0. The molecule has 2 aliphatic heterocycles. The van der Waals surface area contributed by atoms with Gasteiger partial charge in [-0.2, -0.15) is 0 Å². The van der Waals surface area contributed by atoms with Gasteiger partial charge in [-0.25, -0.2) is 8.42 Å². The average Bonchev–Trinajstić information content (AvgIpc) is 3.17. The summed E-state index contributed by atoms with van der Waals surface area (Å²) in [6.45, 7) is 5.63. The number of carbonyl (C=O) groups excluding carboxylic acids is 2. The Morgan fingerprint density at radius 3 is 2.34 bits per heavy atom. The molecule has 0 aromatic heterocycles. The highest BCUT2D eigenvalue weighted by atomic mass is 35.5. The number of hydrogen-bond donors (Lipinski definition) is 1. The monoisotopic (exact) mass is 581 g/mol. The number of amides is 2. The van der Waals surface area contributed by atoms with Crippen molar-refractivity contribution in [3.05, 3.63) is 64.7 Å². The molecule has 2 heterocycles. The Bertz CT molecular complexity index is 1230. The van der Waals surface area contributed by atoms with Crippen molar-refractivity contribution in [3.8, 4) is 0 Å². The first kappa shape index (κ1) is 30.4. The molecule has 38 heavy (non-hydrogen) atoms. The minimum atomic E-state index is -3.23. The van der Waals surface area contributed by atoms with Crippen LogP contribution in [0.5, 0.6) is 0 Å². The normalized spacial score (nSPS) is 18.3. The number of nitrogens with one attached hydrogen (secondary N) is 1. The van der Waals surface area contributed by atoms with Crippen molar-refractivity contribution < 1.29 is 18.0 Å². The lowest BCUT2D eigenvalue weighted by molar-refractivity contribution is -0.139. The molecular formula is C28H37Cl2N3O4S. The molecule has 7 nitrogen and oxygen atoms in total. The molecule has 4 rings (SSSR count). The lowest BCUT2D eigenvalue weighted by Gasteiger charge is -2.38. The zero-order chi connectivity index (χ0) is 26.6. The van der Waals surface area contributed by atoms with Gasteiger partial charge in [-0.15, -0.1) is 12.4 Å². The number of sulfone groups is 1. The van der Waals surface area contributed by atoms with E-state index in [1.54, 1.807) is 24.3 Å². The highest BCUT2D eigenvalue weighted by Crippen LogP contribution is 2.42. The van der Waals surface area contributed by atoms with Crippen LogP contribution in [0.2, 0.25) is 5.02 Å². The van der Waals surface area contributed by atoms with E-state index in [9.17, 15) is 18.0 Å². The molecule has 2 aliphatic rings. The van der Waals surface area contributed by atoms with Crippen LogP contribution in [0.3, 0.4) is 0 Å². The van der Waals surface area contributed by atoms with Gasteiger partial charge in [-0.05, 0) is 74.2 Å². The summed E-state index contributed by atoms with van der Waals surface area (Å²) in [7, 11) is -3.23. The summed E-state index contributed by atoms with van der Waals surface area (Å²) in [4.78, 5) is 30.1.